The van der Waals surface area contributed by atoms with Crippen molar-refractivity contribution < 1.29 is 14.6 Å². The quantitative estimate of drug-likeness (QED) is 0.905. The van der Waals surface area contributed by atoms with Gasteiger partial charge in [-0.15, -0.1) is 0 Å². The maximum atomic E-state index is 9.43. The summed E-state index contributed by atoms with van der Waals surface area (Å²) < 4.78 is 11.3. The molecule has 0 aliphatic carbocycles. The fourth-order valence-corrected chi connectivity index (χ4v) is 2.14. The summed E-state index contributed by atoms with van der Waals surface area (Å²) in [6.07, 6.45) is 0.247. The van der Waals surface area contributed by atoms with Crippen LogP contribution in [-0.2, 0) is 17.8 Å². The zero-order chi connectivity index (χ0) is 12.1. The number of aliphatic hydroxyl groups is 1. The Morgan fingerprint density at radius 2 is 2.00 bits per heavy atom. The van der Waals surface area contributed by atoms with Crippen molar-refractivity contribution in [1.29, 1.82) is 0 Å². The van der Waals surface area contributed by atoms with Crippen LogP contribution in [0.4, 0.5) is 0 Å². The zero-order valence-corrected chi connectivity index (χ0v) is 11.4. The Kier molecular flexibility index (Phi) is 5.25. The summed E-state index contributed by atoms with van der Waals surface area (Å²) in [5.41, 5.74) is 2.12. The van der Waals surface area contributed by atoms with Gasteiger partial charge in [-0.3, -0.25) is 0 Å². The predicted octanol–water partition coefficient (Wildman–Crippen LogP) is 2.53. The van der Waals surface area contributed by atoms with E-state index >= 15 is 0 Å². The molecule has 90 valence electrons. The summed E-state index contributed by atoms with van der Waals surface area (Å²) in [4.78, 5) is 0. The monoisotopic (exact) mass is 288 g/mol. The molecular formula is C12H17BrO3. The van der Waals surface area contributed by atoms with Crippen LogP contribution in [0.5, 0.6) is 5.75 Å². The highest BCUT2D eigenvalue weighted by molar-refractivity contribution is 9.10. The molecule has 0 bridgehead atoms. The number of ether oxygens (including phenoxy) is 2. The average molecular weight is 289 g/mol. The molecule has 0 aliphatic rings. The molecule has 0 fully saturated rings. The van der Waals surface area contributed by atoms with Crippen molar-refractivity contribution in [1.82, 2.24) is 0 Å². The Balaban J connectivity index is 3.08. The van der Waals surface area contributed by atoms with E-state index in [4.69, 9.17) is 9.47 Å². The van der Waals surface area contributed by atoms with E-state index in [9.17, 15) is 5.11 Å². The molecule has 0 saturated heterocycles. The van der Waals surface area contributed by atoms with Gasteiger partial charge in [0.1, 0.15) is 5.75 Å². The van der Waals surface area contributed by atoms with E-state index in [0.29, 0.717) is 13.0 Å². The van der Waals surface area contributed by atoms with Crippen LogP contribution in [-0.4, -0.2) is 25.4 Å². The van der Waals surface area contributed by atoms with Crippen LogP contribution < -0.4 is 4.74 Å². The van der Waals surface area contributed by atoms with Gasteiger partial charge in [0.05, 0.1) is 24.3 Å². The standard InChI is InChI=1S/C12H17BrO3/c1-8(14)4-9-5-11(13)12(16-3)6-10(9)7-15-2/h5-6,8,14H,4,7H2,1-3H3. The second-order valence-electron chi connectivity index (χ2n) is 3.74. The van der Waals surface area contributed by atoms with Gasteiger partial charge in [-0.2, -0.15) is 0 Å². The molecule has 0 radical (unpaired) electrons. The first-order valence-corrected chi connectivity index (χ1v) is 5.90. The van der Waals surface area contributed by atoms with Crippen molar-refractivity contribution in [3.05, 3.63) is 27.7 Å². The third-order valence-corrected chi connectivity index (χ3v) is 2.91. The second-order valence-corrected chi connectivity index (χ2v) is 4.60. The molecule has 0 saturated carbocycles. The van der Waals surface area contributed by atoms with Crippen LogP contribution in [0.1, 0.15) is 18.1 Å². The predicted molar refractivity (Wildman–Crippen MR) is 66.8 cm³/mol. The van der Waals surface area contributed by atoms with Gasteiger partial charge in [-0.05, 0) is 52.5 Å². The minimum absolute atomic E-state index is 0.365. The fraction of sp³-hybridized carbons (Fsp3) is 0.500. The molecule has 4 heteroatoms. The van der Waals surface area contributed by atoms with Crippen molar-refractivity contribution in [3.8, 4) is 5.75 Å². The van der Waals surface area contributed by atoms with Crippen LogP contribution in [0, 0.1) is 0 Å². The first kappa shape index (κ1) is 13.5. The van der Waals surface area contributed by atoms with Gasteiger partial charge in [0.15, 0.2) is 0 Å². The third-order valence-electron chi connectivity index (χ3n) is 2.29. The van der Waals surface area contributed by atoms with Crippen molar-refractivity contribution >= 4 is 15.9 Å². The van der Waals surface area contributed by atoms with Crippen LogP contribution >= 0.6 is 15.9 Å². The molecule has 1 rings (SSSR count). The zero-order valence-electron chi connectivity index (χ0n) is 9.79. The summed E-state index contributed by atoms with van der Waals surface area (Å²) >= 11 is 3.44. The average Bonchev–Trinajstić information content (AvgIpc) is 2.21. The summed E-state index contributed by atoms with van der Waals surface area (Å²) in [7, 11) is 3.28. The van der Waals surface area contributed by atoms with Gasteiger partial charge in [0.2, 0.25) is 0 Å². The molecule has 0 aliphatic heterocycles. The molecule has 1 aromatic carbocycles. The molecule has 0 amide bonds. The van der Waals surface area contributed by atoms with E-state index in [1.807, 2.05) is 12.1 Å². The highest BCUT2D eigenvalue weighted by atomic mass is 79.9. The first-order chi connectivity index (χ1) is 7.58. The number of hydrogen-bond acceptors (Lipinski definition) is 3. The smallest absolute Gasteiger partial charge is 0.133 e. The van der Waals surface area contributed by atoms with Gasteiger partial charge in [-0.25, -0.2) is 0 Å². The Morgan fingerprint density at radius 3 is 2.50 bits per heavy atom. The number of aliphatic hydroxyl groups excluding tert-OH is 1. The van der Waals surface area contributed by atoms with E-state index in [0.717, 1.165) is 21.3 Å². The molecule has 0 spiro atoms. The largest absolute Gasteiger partial charge is 0.496 e. The molecule has 0 heterocycles. The Morgan fingerprint density at radius 1 is 1.31 bits per heavy atom. The maximum absolute atomic E-state index is 9.43. The minimum atomic E-state index is -0.365. The van der Waals surface area contributed by atoms with Crippen molar-refractivity contribution in [2.45, 2.75) is 26.1 Å². The summed E-state index contributed by atoms with van der Waals surface area (Å²) in [5.74, 6) is 0.779. The molecule has 16 heavy (non-hydrogen) atoms. The van der Waals surface area contributed by atoms with Crippen LogP contribution in [0.15, 0.2) is 16.6 Å². The highest BCUT2D eigenvalue weighted by Gasteiger charge is 2.10. The third kappa shape index (κ3) is 3.47. The van der Waals surface area contributed by atoms with Crippen LogP contribution in [0.25, 0.3) is 0 Å². The molecule has 1 N–H and O–H groups in total. The van der Waals surface area contributed by atoms with Gasteiger partial charge in [0, 0.05) is 7.11 Å². The van der Waals surface area contributed by atoms with Gasteiger partial charge >= 0.3 is 0 Å². The van der Waals surface area contributed by atoms with E-state index in [-0.39, 0.29) is 6.10 Å². The lowest BCUT2D eigenvalue weighted by Gasteiger charge is -2.14. The number of rotatable bonds is 5. The van der Waals surface area contributed by atoms with Gasteiger partial charge in [-0.1, -0.05) is 0 Å². The van der Waals surface area contributed by atoms with E-state index in [1.54, 1.807) is 21.1 Å². The molecule has 3 nitrogen and oxygen atoms in total. The first-order valence-electron chi connectivity index (χ1n) is 5.10. The molecular weight excluding hydrogens is 272 g/mol. The van der Waals surface area contributed by atoms with E-state index < -0.39 is 0 Å². The van der Waals surface area contributed by atoms with E-state index in [2.05, 4.69) is 15.9 Å². The Bertz CT molecular complexity index is 350. The molecule has 1 atom stereocenters. The maximum Gasteiger partial charge on any atom is 0.133 e. The normalized spacial score (nSPS) is 12.6. The van der Waals surface area contributed by atoms with Crippen molar-refractivity contribution in [3.63, 3.8) is 0 Å². The lowest BCUT2D eigenvalue weighted by Crippen LogP contribution is -2.08. The lowest BCUT2D eigenvalue weighted by molar-refractivity contribution is 0.178. The van der Waals surface area contributed by atoms with Crippen molar-refractivity contribution in [2.24, 2.45) is 0 Å². The number of halogens is 1. The molecule has 0 aromatic heterocycles. The van der Waals surface area contributed by atoms with Crippen LogP contribution in [0.3, 0.4) is 0 Å². The highest BCUT2D eigenvalue weighted by Crippen LogP contribution is 2.29. The summed E-state index contributed by atoms with van der Waals surface area (Å²) in [6.45, 7) is 2.29. The Hall–Kier alpha value is -0.580. The summed E-state index contributed by atoms with van der Waals surface area (Å²) in [5, 5.41) is 9.43. The van der Waals surface area contributed by atoms with Crippen molar-refractivity contribution in [2.75, 3.05) is 14.2 Å². The fourth-order valence-electron chi connectivity index (χ4n) is 1.59. The lowest BCUT2D eigenvalue weighted by atomic mass is 10.0. The van der Waals surface area contributed by atoms with Crippen LogP contribution in [0.2, 0.25) is 0 Å². The topological polar surface area (TPSA) is 38.7 Å². The van der Waals surface area contributed by atoms with E-state index in [1.165, 1.54) is 0 Å². The summed E-state index contributed by atoms with van der Waals surface area (Å²) in [6, 6.07) is 3.91. The Labute approximate surface area is 105 Å². The SMILES string of the molecule is COCc1cc(OC)c(Br)cc1CC(C)O. The molecule has 1 aromatic rings. The minimum Gasteiger partial charge on any atom is -0.496 e. The number of methoxy groups -OCH3 is 2. The second kappa shape index (κ2) is 6.23. The number of benzene rings is 1. The molecule has 1 unspecified atom stereocenters. The van der Waals surface area contributed by atoms with Gasteiger partial charge < -0.3 is 14.6 Å². The number of hydrogen-bond donors (Lipinski definition) is 1. The van der Waals surface area contributed by atoms with Gasteiger partial charge in [0.25, 0.3) is 0 Å².